The molecule has 2 heterocycles. The highest BCUT2D eigenvalue weighted by Crippen LogP contribution is 2.32. The Hall–Kier alpha value is -3.24. The molecule has 0 amide bonds. The number of aryl methyl sites for hydroxylation is 1. The molecule has 2 aromatic carbocycles. The molecule has 33 heavy (non-hydrogen) atoms. The fourth-order valence-electron chi connectivity index (χ4n) is 4.22. The molecule has 0 saturated carbocycles. The van der Waals surface area contributed by atoms with E-state index in [9.17, 15) is 18.5 Å². The highest BCUT2D eigenvalue weighted by atomic mass is 32.2. The van der Waals surface area contributed by atoms with Crippen LogP contribution >= 0.6 is 0 Å². The topological polar surface area (TPSA) is 108 Å². The van der Waals surface area contributed by atoms with Gasteiger partial charge in [0.15, 0.2) is 0 Å². The number of ether oxygens (including phenoxy) is 1. The van der Waals surface area contributed by atoms with Crippen LogP contribution in [-0.4, -0.2) is 47.4 Å². The number of rotatable bonds is 7. The summed E-state index contributed by atoms with van der Waals surface area (Å²) in [5.41, 5.74) is 1.39. The third kappa shape index (κ3) is 4.76. The quantitative estimate of drug-likeness (QED) is 0.385. The van der Waals surface area contributed by atoms with Crippen molar-refractivity contribution in [3.05, 3.63) is 81.9 Å². The Balaban J connectivity index is 1.47. The molecule has 1 aliphatic heterocycles. The largest absolute Gasteiger partial charge is 0.497 e. The van der Waals surface area contributed by atoms with Gasteiger partial charge in [0.25, 0.3) is 5.69 Å². The molecule has 174 valence electrons. The summed E-state index contributed by atoms with van der Waals surface area (Å²) in [5.74, 6) is 1.88. The van der Waals surface area contributed by atoms with Gasteiger partial charge in [-0.3, -0.25) is 10.1 Å². The van der Waals surface area contributed by atoms with Crippen molar-refractivity contribution in [3.63, 3.8) is 0 Å². The van der Waals surface area contributed by atoms with Crippen molar-refractivity contribution >= 4 is 15.7 Å². The molecule has 1 fully saturated rings. The summed E-state index contributed by atoms with van der Waals surface area (Å²) >= 11 is 0. The average Bonchev–Trinajstić information content (AvgIpc) is 3.27. The van der Waals surface area contributed by atoms with Crippen LogP contribution in [0.4, 0.5) is 5.69 Å². The summed E-state index contributed by atoms with van der Waals surface area (Å²) in [6.45, 7) is 3.00. The van der Waals surface area contributed by atoms with Crippen LogP contribution in [0.2, 0.25) is 0 Å². The lowest BCUT2D eigenvalue weighted by molar-refractivity contribution is -0.385. The van der Waals surface area contributed by atoms with Crippen LogP contribution in [-0.2, 0) is 16.6 Å². The minimum atomic E-state index is -3.82. The zero-order valence-electron chi connectivity index (χ0n) is 18.5. The van der Waals surface area contributed by atoms with E-state index in [1.54, 1.807) is 20.2 Å². The van der Waals surface area contributed by atoms with E-state index in [4.69, 9.17) is 4.74 Å². The fourth-order valence-corrected chi connectivity index (χ4v) is 5.93. The van der Waals surface area contributed by atoms with Crippen molar-refractivity contribution in [1.29, 1.82) is 0 Å². The van der Waals surface area contributed by atoms with Crippen LogP contribution < -0.4 is 4.74 Å². The first-order valence-corrected chi connectivity index (χ1v) is 12.1. The molecule has 9 nitrogen and oxygen atoms in total. The Kier molecular flexibility index (Phi) is 6.48. The molecular weight excluding hydrogens is 444 g/mol. The molecule has 4 rings (SSSR count). The number of benzene rings is 2. The summed E-state index contributed by atoms with van der Waals surface area (Å²) < 4.78 is 35.2. The summed E-state index contributed by atoms with van der Waals surface area (Å²) in [6.07, 6.45) is 4.98. The standard InChI is InChI=1S/C23H26N4O5S/c1-17-3-6-20(27(28)29)15-22(17)33(30,31)26-12-9-19(10-13-26)23-24-11-14-25(23)16-18-4-7-21(32-2)8-5-18/h3-8,11,14-15,19H,9-10,12-13,16H2,1-2H3. The van der Waals surface area contributed by atoms with E-state index in [0.717, 1.165) is 23.2 Å². The molecule has 10 heteroatoms. The van der Waals surface area contributed by atoms with E-state index in [1.165, 1.54) is 16.4 Å². The van der Waals surface area contributed by atoms with E-state index >= 15 is 0 Å². The monoisotopic (exact) mass is 470 g/mol. The molecule has 0 aliphatic carbocycles. The zero-order chi connectivity index (χ0) is 23.6. The minimum Gasteiger partial charge on any atom is -0.497 e. The van der Waals surface area contributed by atoms with Crippen molar-refractivity contribution in [1.82, 2.24) is 13.9 Å². The van der Waals surface area contributed by atoms with Gasteiger partial charge >= 0.3 is 0 Å². The summed E-state index contributed by atoms with van der Waals surface area (Å²) in [6, 6.07) is 11.8. The highest BCUT2D eigenvalue weighted by molar-refractivity contribution is 7.89. The number of methoxy groups -OCH3 is 1. The normalized spacial score (nSPS) is 15.5. The van der Waals surface area contributed by atoms with Crippen molar-refractivity contribution in [2.45, 2.75) is 37.1 Å². The van der Waals surface area contributed by atoms with Gasteiger partial charge in [-0.2, -0.15) is 4.31 Å². The van der Waals surface area contributed by atoms with Gasteiger partial charge in [0.2, 0.25) is 10.0 Å². The van der Waals surface area contributed by atoms with Crippen molar-refractivity contribution in [2.75, 3.05) is 20.2 Å². The van der Waals surface area contributed by atoms with Gasteiger partial charge in [0, 0.05) is 50.1 Å². The van der Waals surface area contributed by atoms with E-state index in [0.29, 0.717) is 38.0 Å². The van der Waals surface area contributed by atoms with E-state index < -0.39 is 14.9 Å². The Labute approximate surface area is 192 Å². The third-order valence-electron chi connectivity index (χ3n) is 6.08. The van der Waals surface area contributed by atoms with Gasteiger partial charge in [-0.25, -0.2) is 13.4 Å². The van der Waals surface area contributed by atoms with Crippen molar-refractivity contribution in [3.8, 4) is 5.75 Å². The van der Waals surface area contributed by atoms with E-state index in [-0.39, 0.29) is 16.5 Å². The van der Waals surface area contributed by atoms with E-state index in [1.807, 2.05) is 30.5 Å². The number of hydrogen-bond acceptors (Lipinski definition) is 6. The molecule has 1 aliphatic rings. The van der Waals surface area contributed by atoms with Crippen LogP contribution in [0.15, 0.2) is 59.8 Å². The summed E-state index contributed by atoms with van der Waals surface area (Å²) in [5, 5.41) is 11.1. The van der Waals surface area contributed by atoms with Gasteiger partial charge in [-0.15, -0.1) is 0 Å². The SMILES string of the molecule is COc1ccc(Cn2ccnc2C2CCN(S(=O)(=O)c3cc([N+](=O)[O-])ccc3C)CC2)cc1. The molecule has 0 N–H and O–H groups in total. The summed E-state index contributed by atoms with van der Waals surface area (Å²) in [7, 11) is -2.18. The lowest BCUT2D eigenvalue weighted by atomic mass is 9.97. The lowest BCUT2D eigenvalue weighted by Crippen LogP contribution is -2.38. The number of nitro benzene ring substituents is 1. The first-order valence-electron chi connectivity index (χ1n) is 10.7. The van der Waals surface area contributed by atoms with Gasteiger partial charge in [0.1, 0.15) is 11.6 Å². The molecule has 0 radical (unpaired) electrons. The van der Waals surface area contributed by atoms with Crippen LogP contribution in [0.3, 0.4) is 0 Å². The molecule has 3 aromatic rings. The summed E-state index contributed by atoms with van der Waals surface area (Å²) in [4.78, 5) is 15.1. The number of nitrogens with zero attached hydrogens (tertiary/aromatic N) is 4. The fraction of sp³-hybridized carbons (Fsp3) is 0.348. The number of aromatic nitrogens is 2. The molecule has 0 unspecified atom stereocenters. The number of piperidine rings is 1. The van der Waals surface area contributed by atoms with Crippen molar-refractivity contribution in [2.24, 2.45) is 0 Å². The second-order valence-electron chi connectivity index (χ2n) is 8.15. The van der Waals surface area contributed by atoms with Gasteiger partial charge < -0.3 is 9.30 Å². The lowest BCUT2D eigenvalue weighted by Gasteiger charge is -2.31. The van der Waals surface area contributed by atoms with Crippen LogP contribution in [0.5, 0.6) is 5.75 Å². The number of hydrogen-bond donors (Lipinski definition) is 0. The maximum Gasteiger partial charge on any atom is 0.270 e. The van der Waals surface area contributed by atoms with Gasteiger partial charge in [-0.05, 0) is 43.0 Å². The number of sulfonamides is 1. The van der Waals surface area contributed by atoms with Gasteiger partial charge in [0.05, 0.1) is 16.9 Å². The Morgan fingerprint density at radius 3 is 2.48 bits per heavy atom. The minimum absolute atomic E-state index is 0.00356. The predicted octanol–water partition coefficient (Wildman–Crippen LogP) is 3.72. The molecular formula is C23H26N4O5S. The predicted molar refractivity (Wildman–Crippen MR) is 123 cm³/mol. The van der Waals surface area contributed by atoms with Crippen molar-refractivity contribution < 1.29 is 18.1 Å². The van der Waals surface area contributed by atoms with Crippen LogP contribution in [0, 0.1) is 17.0 Å². The first kappa shape index (κ1) is 22.9. The Morgan fingerprint density at radius 1 is 1.15 bits per heavy atom. The number of imidazole rings is 1. The highest BCUT2D eigenvalue weighted by Gasteiger charge is 2.33. The molecule has 0 bridgehead atoms. The third-order valence-corrected chi connectivity index (χ3v) is 8.12. The van der Waals surface area contributed by atoms with Gasteiger partial charge in [-0.1, -0.05) is 18.2 Å². The second-order valence-corrected chi connectivity index (χ2v) is 10.1. The Morgan fingerprint density at radius 2 is 1.85 bits per heavy atom. The maximum atomic E-state index is 13.2. The Bertz CT molecular complexity index is 1250. The van der Waals surface area contributed by atoms with E-state index in [2.05, 4.69) is 9.55 Å². The molecule has 0 spiro atoms. The number of non-ortho nitro benzene ring substituents is 1. The average molecular weight is 471 g/mol. The molecule has 0 atom stereocenters. The molecule has 1 saturated heterocycles. The smallest absolute Gasteiger partial charge is 0.270 e. The zero-order valence-corrected chi connectivity index (χ0v) is 19.4. The first-order chi connectivity index (χ1) is 15.8. The maximum absolute atomic E-state index is 13.2. The van der Waals surface area contributed by atoms with Crippen LogP contribution in [0.25, 0.3) is 0 Å². The van der Waals surface area contributed by atoms with Crippen LogP contribution in [0.1, 0.15) is 35.7 Å². The molecule has 1 aromatic heterocycles. The second kappa shape index (κ2) is 9.32. The number of nitro groups is 1.